The number of nitrogen functional groups attached to an aromatic ring is 2. The standard InChI is InChI=1S/C18H17N7/c19-13-6-4-12(5-7-13)9-25-11-23-16-17(21-10-22-18(16)25)24-15-3-1-2-14(20)8-15/h1-8,10-11H,9,19-20H2,(H,21,22,24). The van der Waals surface area contributed by atoms with E-state index >= 15 is 0 Å². The summed E-state index contributed by atoms with van der Waals surface area (Å²) in [5, 5.41) is 3.25. The first-order chi connectivity index (χ1) is 12.2. The van der Waals surface area contributed by atoms with Crippen molar-refractivity contribution in [3.63, 3.8) is 0 Å². The molecule has 2 heterocycles. The van der Waals surface area contributed by atoms with Crippen LogP contribution in [0.25, 0.3) is 11.2 Å². The lowest BCUT2D eigenvalue weighted by atomic mass is 10.2. The van der Waals surface area contributed by atoms with Gasteiger partial charge in [-0.05, 0) is 35.9 Å². The lowest BCUT2D eigenvalue weighted by molar-refractivity contribution is 0.813. The highest BCUT2D eigenvalue weighted by molar-refractivity contribution is 5.85. The SMILES string of the molecule is Nc1ccc(Cn2cnc3c(Nc4cccc(N)c4)ncnc32)cc1. The van der Waals surface area contributed by atoms with Crippen LogP contribution in [0.1, 0.15) is 5.56 Å². The van der Waals surface area contributed by atoms with E-state index in [2.05, 4.69) is 20.3 Å². The molecule has 2 aromatic heterocycles. The second-order valence-corrected chi connectivity index (χ2v) is 5.76. The lowest BCUT2D eigenvalue weighted by Crippen LogP contribution is -2.01. The van der Waals surface area contributed by atoms with E-state index in [1.807, 2.05) is 53.1 Å². The monoisotopic (exact) mass is 331 g/mol. The van der Waals surface area contributed by atoms with Gasteiger partial charge in [0, 0.05) is 17.1 Å². The van der Waals surface area contributed by atoms with E-state index in [1.165, 1.54) is 6.33 Å². The number of nitrogens with two attached hydrogens (primary N) is 2. The Bertz CT molecular complexity index is 1020. The van der Waals surface area contributed by atoms with Gasteiger partial charge in [-0.1, -0.05) is 18.2 Å². The molecule has 4 rings (SSSR count). The van der Waals surface area contributed by atoms with Crippen molar-refractivity contribution >= 4 is 34.0 Å². The van der Waals surface area contributed by atoms with Gasteiger partial charge in [-0.2, -0.15) is 0 Å². The zero-order valence-electron chi connectivity index (χ0n) is 13.4. The first kappa shape index (κ1) is 14.9. The highest BCUT2D eigenvalue weighted by Crippen LogP contribution is 2.23. The Hall–Kier alpha value is -3.61. The molecule has 0 atom stereocenters. The summed E-state index contributed by atoms with van der Waals surface area (Å²) in [4.78, 5) is 13.2. The van der Waals surface area contributed by atoms with E-state index < -0.39 is 0 Å². The smallest absolute Gasteiger partial charge is 0.165 e. The summed E-state index contributed by atoms with van der Waals surface area (Å²) >= 11 is 0. The number of benzene rings is 2. The van der Waals surface area contributed by atoms with E-state index in [0.29, 0.717) is 23.6 Å². The van der Waals surface area contributed by atoms with Crippen LogP contribution in [0.15, 0.2) is 61.2 Å². The van der Waals surface area contributed by atoms with Crippen LogP contribution >= 0.6 is 0 Å². The quantitative estimate of drug-likeness (QED) is 0.496. The van der Waals surface area contributed by atoms with Crippen molar-refractivity contribution < 1.29 is 0 Å². The van der Waals surface area contributed by atoms with Gasteiger partial charge in [0.1, 0.15) is 6.33 Å². The summed E-state index contributed by atoms with van der Waals surface area (Å²) in [5.74, 6) is 0.645. The summed E-state index contributed by atoms with van der Waals surface area (Å²) in [6.45, 7) is 0.658. The largest absolute Gasteiger partial charge is 0.399 e. The minimum atomic E-state index is 0.645. The van der Waals surface area contributed by atoms with Crippen molar-refractivity contribution in [3.8, 4) is 0 Å². The number of nitrogens with zero attached hydrogens (tertiary/aromatic N) is 4. The molecule has 0 aliphatic heterocycles. The van der Waals surface area contributed by atoms with Crippen LogP contribution in [0.5, 0.6) is 0 Å². The second kappa shape index (κ2) is 6.12. The highest BCUT2D eigenvalue weighted by atomic mass is 15.1. The van der Waals surface area contributed by atoms with E-state index in [4.69, 9.17) is 11.5 Å². The predicted molar refractivity (Wildman–Crippen MR) is 99.4 cm³/mol. The number of nitrogens with one attached hydrogen (secondary N) is 1. The molecule has 0 saturated carbocycles. The third-order valence-corrected chi connectivity index (χ3v) is 3.88. The van der Waals surface area contributed by atoms with Crippen LogP contribution in [0.2, 0.25) is 0 Å². The van der Waals surface area contributed by atoms with Crippen LogP contribution in [-0.4, -0.2) is 19.5 Å². The summed E-state index contributed by atoms with van der Waals surface area (Å²) < 4.78 is 1.98. The Labute approximate surface area is 144 Å². The molecule has 0 aliphatic rings. The molecule has 0 unspecified atom stereocenters. The number of hydrogen-bond donors (Lipinski definition) is 3. The summed E-state index contributed by atoms with van der Waals surface area (Å²) in [6, 6.07) is 15.3. The van der Waals surface area contributed by atoms with E-state index in [0.717, 1.165) is 22.6 Å². The van der Waals surface area contributed by atoms with Crippen molar-refractivity contribution in [3.05, 3.63) is 66.7 Å². The molecule has 25 heavy (non-hydrogen) atoms. The minimum absolute atomic E-state index is 0.645. The van der Waals surface area contributed by atoms with Gasteiger partial charge in [-0.15, -0.1) is 0 Å². The normalized spacial score (nSPS) is 10.9. The number of fused-ring (bicyclic) bond motifs is 1. The average Bonchev–Trinajstić information content (AvgIpc) is 3.01. The van der Waals surface area contributed by atoms with Crippen LogP contribution in [0, 0.1) is 0 Å². The molecule has 0 aliphatic carbocycles. The summed E-state index contributed by atoms with van der Waals surface area (Å²) in [7, 11) is 0. The fourth-order valence-corrected chi connectivity index (χ4v) is 2.66. The third kappa shape index (κ3) is 3.07. The number of imidazole rings is 1. The first-order valence-corrected chi connectivity index (χ1v) is 7.82. The van der Waals surface area contributed by atoms with Crippen LogP contribution < -0.4 is 16.8 Å². The number of hydrogen-bond acceptors (Lipinski definition) is 6. The minimum Gasteiger partial charge on any atom is -0.399 e. The van der Waals surface area contributed by atoms with Gasteiger partial charge in [0.2, 0.25) is 0 Å². The Kier molecular flexibility index (Phi) is 3.66. The number of aromatic nitrogens is 4. The van der Waals surface area contributed by atoms with Gasteiger partial charge in [-0.25, -0.2) is 15.0 Å². The molecule has 5 N–H and O–H groups in total. The fourth-order valence-electron chi connectivity index (χ4n) is 2.66. The van der Waals surface area contributed by atoms with Crippen molar-refractivity contribution in [1.29, 1.82) is 0 Å². The maximum Gasteiger partial charge on any atom is 0.165 e. The first-order valence-electron chi connectivity index (χ1n) is 7.82. The van der Waals surface area contributed by atoms with E-state index in [-0.39, 0.29) is 0 Å². The van der Waals surface area contributed by atoms with Gasteiger partial charge >= 0.3 is 0 Å². The van der Waals surface area contributed by atoms with Crippen LogP contribution in [0.4, 0.5) is 22.9 Å². The topological polar surface area (TPSA) is 108 Å². The van der Waals surface area contributed by atoms with Gasteiger partial charge in [0.05, 0.1) is 12.9 Å². The average molecular weight is 331 g/mol. The number of rotatable bonds is 4. The van der Waals surface area contributed by atoms with Crippen molar-refractivity contribution in [2.75, 3.05) is 16.8 Å². The van der Waals surface area contributed by atoms with Crippen molar-refractivity contribution in [2.24, 2.45) is 0 Å². The predicted octanol–water partition coefficient (Wildman–Crippen LogP) is 2.78. The molecule has 0 spiro atoms. The Morgan fingerprint density at radius 1 is 0.920 bits per heavy atom. The Morgan fingerprint density at radius 2 is 1.76 bits per heavy atom. The Balaban J connectivity index is 1.66. The molecule has 2 aromatic carbocycles. The Morgan fingerprint density at radius 3 is 2.56 bits per heavy atom. The number of anilines is 4. The maximum atomic E-state index is 5.82. The zero-order chi connectivity index (χ0) is 17.2. The van der Waals surface area contributed by atoms with Gasteiger partial charge in [-0.3, -0.25) is 0 Å². The molecule has 4 aromatic rings. The molecule has 0 radical (unpaired) electrons. The highest BCUT2D eigenvalue weighted by Gasteiger charge is 2.11. The molecule has 0 saturated heterocycles. The third-order valence-electron chi connectivity index (χ3n) is 3.88. The van der Waals surface area contributed by atoms with Gasteiger partial charge < -0.3 is 21.4 Å². The zero-order valence-corrected chi connectivity index (χ0v) is 13.4. The fraction of sp³-hybridized carbons (Fsp3) is 0.0556. The molecule has 0 fully saturated rings. The maximum absolute atomic E-state index is 5.82. The van der Waals surface area contributed by atoms with Gasteiger partial charge in [0.15, 0.2) is 17.0 Å². The molecular weight excluding hydrogens is 314 g/mol. The molecular formula is C18H17N7. The van der Waals surface area contributed by atoms with Crippen molar-refractivity contribution in [1.82, 2.24) is 19.5 Å². The molecule has 0 bridgehead atoms. The van der Waals surface area contributed by atoms with Crippen molar-refractivity contribution in [2.45, 2.75) is 6.54 Å². The van der Waals surface area contributed by atoms with E-state index in [1.54, 1.807) is 6.33 Å². The van der Waals surface area contributed by atoms with E-state index in [9.17, 15) is 0 Å². The second-order valence-electron chi connectivity index (χ2n) is 5.76. The van der Waals surface area contributed by atoms with Crippen LogP contribution in [-0.2, 0) is 6.54 Å². The summed E-state index contributed by atoms with van der Waals surface area (Å²) in [5.41, 5.74) is 16.4. The molecule has 7 nitrogen and oxygen atoms in total. The molecule has 0 amide bonds. The summed E-state index contributed by atoms with van der Waals surface area (Å²) in [6.07, 6.45) is 3.29. The lowest BCUT2D eigenvalue weighted by Gasteiger charge is -2.07. The molecule has 124 valence electrons. The van der Waals surface area contributed by atoms with Crippen LogP contribution in [0.3, 0.4) is 0 Å². The molecule has 7 heteroatoms. The van der Waals surface area contributed by atoms with Gasteiger partial charge in [0.25, 0.3) is 0 Å².